The summed E-state index contributed by atoms with van der Waals surface area (Å²) in [6.45, 7) is 5.54. The predicted octanol–water partition coefficient (Wildman–Crippen LogP) is 3.74. The van der Waals surface area contributed by atoms with Crippen LogP contribution in [0.1, 0.15) is 49.0 Å². The lowest BCUT2D eigenvalue weighted by molar-refractivity contribution is -0.123. The highest BCUT2D eigenvalue weighted by molar-refractivity contribution is 7.89. The first-order valence-electron chi connectivity index (χ1n) is 10.4. The SMILES string of the molecule is Cc1ccc(S(=O)(=O)N2CCCCC2C)cc1C(=O)OC(C)C(=O)Nc1ccccc1. The van der Waals surface area contributed by atoms with E-state index in [1.54, 1.807) is 37.3 Å². The van der Waals surface area contributed by atoms with Gasteiger partial charge in [-0.05, 0) is 63.4 Å². The summed E-state index contributed by atoms with van der Waals surface area (Å²) in [6.07, 6.45) is 1.59. The van der Waals surface area contributed by atoms with E-state index in [0.717, 1.165) is 19.3 Å². The molecule has 2 aromatic carbocycles. The molecule has 2 atom stereocenters. The Kier molecular flexibility index (Phi) is 7.12. The van der Waals surface area contributed by atoms with Crippen LogP contribution in [0.15, 0.2) is 53.4 Å². The van der Waals surface area contributed by atoms with Gasteiger partial charge in [0.15, 0.2) is 6.10 Å². The number of aryl methyl sites for hydroxylation is 1. The number of rotatable bonds is 6. The van der Waals surface area contributed by atoms with E-state index in [1.807, 2.05) is 13.0 Å². The fourth-order valence-corrected chi connectivity index (χ4v) is 5.31. The van der Waals surface area contributed by atoms with Crippen LogP contribution in [0.5, 0.6) is 0 Å². The van der Waals surface area contributed by atoms with Crippen molar-refractivity contribution < 1.29 is 22.7 Å². The molecule has 0 saturated carbocycles. The van der Waals surface area contributed by atoms with Crippen LogP contribution in [-0.4, -0.2) is 43.3 Å². The Hall–Kier alpha value is -2.71. The number of carbonyl (C=O) groups excluding carboxylic acids is 2. The molecule has 31 heavy (non-hydrogen) atoms. The summed E-state index contributed by atoms with van der Waals surface area (Å²) in [6, 6.07) is 13.2. The fraction of sp³-hybridized carbons (Fsp3) is 0.391. The van der Waals surface area contributed by atoms with Crippen molar-refractivity contribution in [3.05, 3.63) is 59.7 Å². The van der Waals surface area contributed by atoms with E-state index < -0.39 is 28.0 Å². The summed E-state index contributed by atoms with van der Waals surface area (Å²) in [5.74, 6) is -1.21. The number of esters is 1. The number of hydrogen-bond acceptors (Lipinski definition) is 5. The first-order chi connectivity index (χ1) is 14.7. The van der Waals surface area contributed by atoms with Gasteiger partial charge in [-0.15, -0.1) is 0 Å². The number of anilines is 1. The Labute approximate surface area is 183 Å². The number of para-hydroxylation sites is 1. The molecule has 1 N–H and O–H groups in total. The van der Waals surface area contributed by atoms with Crippen molar-refractivity contribution in [3.63, 3.8) is 0 Å². The number of piperidine rings is 1. The molecule has 166 valence electrons. The smallest absolute Gasteiger partial charge is 0.339 e. The minimum atomic E-state index is -3.72. The molecule has 0 radical (unpaired) electrons. The van der Waals surface area contributed by atoms with Crippen molar-refractivity contribution in [3.8, 4) is 0 Å². The molecule has 8 heteroatoms. The number of benzene rings is 2. The number of sulfonamides is 1. The van der Waals surface area contributed by atoms with E-state index in [0.29, 0.717) is 17.8 Å². The molecule has 2 aromatic rings. The normalized spacial score (nSPS) is 18.2. The number of hydrogen-bond donors (Lipinski definition) is 1. The minimum absolute atomic E-state index is 0.0557. The monoisotopic (exact) mass is 444 g/mol. The number of carbonyl (C=O) groups is 2. The molecule has 1 fully saturated rings. The van der Waals surface area contributed by atoms with Gasteiger partial charge in [-0.25, -0.2) is 13.2 Å². The third-order valence-corrected chi connectivity index (χ3v) is 7.48. The largest absolute Gasteiger partial charge is 0.449 e. The quantitative estimate of drug-likeness (QED) is 0.685. The molecule has 3 rings (SSSR count). The molecule has 1 heterocycles. The summed E-state index contributed by atoms with van der Waals surface area (Å²) in [4.78, 5) is 25.1. The van der Waals surface area contributed by atoms with E-state index in [2.05, 4.69) is 5.32 Å². The number of nitrogens with one attached hydrogen (secondary N) is 1. The molecule has 2 unspecified atom stereocenters. The molecule has 1 aliphatic rings. The third-order valence-electron chi connectivity index (χ3n) is 5.47. The standard InChI is InChI=1S/C23H28N2O5S/c1-16-12-13-20(31(28,29)25-14-8-7-9-17(25)2)15-21(16)23(27)30-18(3)22(26)24-19-10-5-4-6-11-19/h4-6,10-13,15,17-18H,7-9,14H2,1-3H3,(H,24,26). The van der Waals surface area contributed by atoms with Crippen molar-refractivity contribution in [2.75, 3.05) is 11.9 Å². The summed E-state index contributed by atoms with van der Waals surface area (Å²) >= 11 is 0. The maximum Gasteiger partial charge on any atom is 0.339 e. The van der Waals surface area contributed by atoms with Crippen LogP contribution in [0.25, 0.3) is 0 Å². The van der Waals surface area contributed by atoms with Crippen molar-refractivity contribution >= 4 is 27.6 Å². The van der Waals surface area contributed by atoms with E-state index in [1.165, 1.54) is 23.4 Å². The first kappa shape index (κ1) is 23.0. The molecule has 1 saturated heterocycles. The average Bonchev–Trinajstić information content (AvgIpc) is 2.74. The number of nitrogens with zero attached hydrogens (tertiary/aromatic N) is 1. The van der Waals surface area contributed by atoms with Crippen LogP contribution >= 0.6 is 0 Å². The lowest BCUT2D eigenvalue weighted by Gasteiger charge is -2.32. The minimum Gasteiger partial charge on any atom is -0.449 e. The Morgan fingerprint density at radius 1 is 1.13 bits per heavy atom. The van der Waals surface area contributed by atoms with Crippen molar-refractivity contribution in [1.29, 1.82) is 0 Å². The summed E-state index contributed by atoms with van der Waals surface area (Å²) in [7, 11) is -3.72. The fourth-order valence-electron chi connectivity index (χ4n) is 3.59. The van der Waals surface area contributed by atoms with Gasteiger partial charge >= 0.3 is 5.97 Å². The summed E-state index contributed by atoms with van der Waals surface area (Å²) < 4.78 is 33.1. The van der Waals surface area contributed by atoms with E-state index in [9.17, 15) is 18.0 Å². The molecule has 7 nitrogen and oxygen atoms in total. The maximum absolute atomic E-state index is 13.1. The van der Waals surface area contributed by atoms with Crippen molar-refractivity contribution in [2.24, 2.45) is 0 Å². The van der Waals surface area contributed by atoms with E-state index >= 15 is 0 Å². The van der Waals surface area contributed by atoms with Crippen LogP contribution in [0, 0.1) is 6.92 Å². The lowest BCUT2D eigenvalue weighted by Crippen LogP contribution is -2.42. The second-order valence-electron chi connectivity index (χ2n) is 7.84. The molecular formula is C23H28N2O5S. The Morgan fingerprint density at radius 3 is 2.52 bits per heavy atom. The summed E-state index contributed by atoms with van der Waals surface area (Å²) in [5.41, 5.74) is 1.30. The van der Waals surface area contributed by atoms with Gasteiger partial charge in [0.2, 0.25) is 10.0 Å². The van der Waals surface area contributed by atoms with E-state index in [4.69, 9.17) is 4.74 Å². The Morgan fingerprint density at radius 2 is 1.84 bits per heavy atom. The maximum atomic E-state index is 13.1. The summed E-state index contributed by atoms with van der Waals surface area (Å²) in [5, 5.41) is 2.68. The zero-order valence-electron chi connectivity index (χ0n) is 18.0. The van der Waals surface area contributed by atoms with E-state index in [-0.39, 0.29) is 16.5 Å². The topological polar surface area (TPSA) is 92.8 Å². The van der Waals surface area contributed by atoms with Gasteiger partial charge in [0.1, 0.15) is 0 Å². The van der Waals surface area contributed by atoms with Crippen LogP contribution in [0.3, 0.4) is 0 Å². The van der Waals surface area contributed by atoms with Gasteiger partial charge in [0.25, 0.3) is 5.91 Å². The second kappa shape index (κ2) is 9.62. The Balaban J connectivity index is 1.76. The first-order valence-corrected chi connectivity index (χ1v) is 11.8. The van der Waals surface area contributed by atoms with Gasteiger partial charge in [0.05, 0.1) is 10.5 Å². The second-order valence-corrected chi connectivity index (χ2v) is 9.73. The average molecular weight is 445 g/mol. The third kappa shape index (κ3) is 5.32. The van der Waals surface area contributed by atoms with Crippen molar-refractivity contribution in [2.45, 2.75) is 57.1 Å². The number of amides is 1. The molecule has 1 amide bonds. The molecule has 0 spiro atoms. The molecule has 0 aliphatic carbocycles. The molecule has 0 aromatic heterocycles. The zero-order valence-corrected chi connectivity index (χ0v) is 18.8. The van der Waals surface area contributed by atoms with Gasteiger partial charge in [-0.1, -0.05) is 30.7 Å². The van der Waals surface area contributed by atoms with Crippen molar-refractivity contribution in [1.82, 2.24) is 4.31 Å². The van der Waals surface area contributed by atoms with Gasteiger partial charge in [-0.2, -0.15) is 4.31 Å². The highest BCUT2D eigenvalue weighted by Gasteiger charge is 2.32. The molecule has 1 aliphatic heterocycles. The van der Waals surface area contributed by atoms with Gasteiger partial charge in [0, 0.05) is 18.3 Å². The van der Waals surface area contributed by atoms with Crippen LogP contribution in [0.2, 0.25) is 0 Å². The predicted molar refractivity (Wildman–Crippen MR) is 118 cm³/mol. The van der Waals surface area contributed by atoms with Gasteiger partial charge in [-0.3, -0.25) is 4.79 Å². The van der Waals surface area contributed by atoms with Gasteiger partial charge < -0.3 is 10.1 Å². The lowest BCUT2D eigenvalue weighted by atomic mass is 10.1. The van der Waals surface area contributed by atoms with Crippen LogP contribution in [-0.2, 0) is 19.6 Å². The number of ether oxygens (including phenoxy) is 1. The molecule has 0 bridgehead atoms. The van der Waals surface area contributed by atoms with Crippen LogP contribution < -0.4 is 5.32 Å². The molecular weight excluding hydrogens is 416 g/mol. The Bertz CT molecular complexity index is 1050. The highest BCUT2D eigenvalue weighted by Crippen LogP contribution is 2.26. The van der Waals surface area contributed by atoms with Crippen LogP contribution in [0.4, 0.5) is 5.69 Å². The highest BCUT2D eigenvalue weighted by atomic mass is 32.2. The zero-order chi connectivity index (χ0) is 22.6.